The minimum atomic E-state index is 0. The van der Waals surface area contributed by atoms with E-state index in [2.05, 4.69) is 15.4 Å². The zero-order valence-corrected chi connectivity index (χ0v) is 7.70. The topological polar surface area (TPSA) is 177 Å². The Morgan fingerprint density at radius 2 is 0.455 bits per heavy atom. The van der Waals surface area contributed by atoms with Crippen molar-refractivity contribution in [2.45, 2.75) is 0 Å². The standard InChI is InChI=1S/2BO.5O.2V/c2*1-2;;;;;;;/q;;5*-2;;. The molecule has 0 spiro atoms. The van der Waals surface area contributed by atoms with Crippen LogP contribution >= 0.6 is 0 Å². The second-order valence-electron chi connectivity index (χ2n) is 0. The maximum Gasteiger partial charge on any atom is 0 e. The normalized spacial score (nSPS) is 0.545. The van der Waals surface area contributed by atoms with Gasteiger partial charge in [-0.05, 0) is 0 Å². The molecule has 11 heteroatoms. The Morgan fingerprint density at radius 1 is 0.455 bits per heavy atom. The van der Waals surface area contributed by atoms with Gasteiger partial charge in [0.05, 0.1) is 0 Å². The van der Waals surface area contributed by atoms with Crippen LogP contribution in [0.25, 0.3) is 0 Å². The molecule has 0 aromatic rings. The molecule has 0 aliphatic rings. The summed E-state index contributed by atoms with van der Waals surface area (Å²) in [5.41, 5.74) is 0. The molecule has 68 valence electrons. The van der Waals surface area contributed by atoms with Crippen molar-refractivity contribution in [2.75, 3.05) is 0 Å². The van der Waals surface area contributed by atoms with Gasteiger partial charge in [0.1, 0.15) is 0 Å². The van der Waals surface area contributed by atoms with Crippen molar-refractivity contribution in [3.8, 4) is 0 Å². The van der Waals surface area contributed by atoms with E-state index >= 15 is 0 Å². The third-order valence-electron chi connectivity index (χ3n) is 0. The van der Waals surface area contributed by atoms with E-state index in [4.69, 9.17) is 9.41 Å². The molecule has 0 rings (SSSR count). The van der Waals surface area contributed by atoms with E-state index in [1.165, 1.54) is 0 Å². The first kappa shape index (κ1) is 184. The van der Waals surface area contributed by atoms with Gasteiger partial charge in [0.25, 0.3) is 0 Å². The van der Waals surface area contributed by atoms with Crippen LogP contribution in [0, 0.1) is 0 Å². The zero-order valence-electron chi connectivity index (χ0n) is 4.91. The van der Waals surface area contributed by atoms with Crippen molar-refractivity contribution >= 4 is 15.4 Å². The quantitative estimate of drug-likeness (QED) is 0.460. The Kier molecular flexibility index (Phi) is 34500. The first-order valence-corrected chi connectivity index (χ1v) is 0.471. The van der Waals surface area contributed by atoms with Gasteiger partial charge in [-0.3, -0.25) is 0 Å². The summed E-state index contributed by atoms with van der Waals surface area (Å²) in [5, 5.41) is 0. The molecule has 0 aliphatic heterocycles. The fraction of sp³-hybridized carbons (Fsp3) is 0. The predicted molar refractivity (Wildman–Crippen MR) is 16.3 cm³/mol. The zero-order chi connectivity index (χ0) is 4.00. The molecule has 0 heterocycles. The van der Waals surface area contributed by atoms with E-state index in [0.717, 1.165) is 0 Å². The Hall–Kier alpha value is 0.699. The van der Waals surface area contributed by atoms with Gasteiger partial charge in [-0.2, -0.15) is 0 Å². The number of rotatable bonds is 0. The molecule has 0 aromatic carbocycles. The minimum Gasteiger partial charge on any atom is -2.00 e. The van der Waals surface area contributed by atoms with Crippen LogP contribution in [0.5, 0.6) is 0 Å². The van der Waals surface area contributed by atoms with E-state index in [0.29, 0.717) is 0 Å². The average molecular weight is 236 g/mol. The summed E-state index contributed by atoms with van der Waals surface area (Å²) in [7, 11) is 6.50. The molecule has 0 saturated carbocycles. The molecule has 0 fully saturated rings. The van der Waals surface area contributed by atoms with Crippen LogP contribution in [-0.4, -0.2) is 15.4 Å². The maximum absolute atomic E-state index is 7.75. The van der Waals surface area contributed by atoms with Crippen LogP contribution < -0.4 is 0 Å². The van der Waals surface area contributed by atoms with E-state index in [1.54, 1.807) is 0 Å². The molecular formula is B2O7V2-10. The van der Waals surface area contributed by atoms with Gasteiger partial charge < -0.3 is 27.4 Å². The Balaban J connectivity index is -0.000000000635. The summed E-state index contributed by atoms with van der Waals surface area (Å²) < 4.78 is 15.5. The molecule has 11 heavy (non-hydrogen) atoms. The summed E-state index contributed by atoms with van der Waals surface area (Å²) in [6.07, 6.45) is 0. The molecule has 0 aliphatic carbocycles. The van der Waals surface area contributed by atoms with Gasteiger partial charge >= 0.3 is 24.8 Å². The van der Waals surface area contributed by atoms with Gasteiger partial charge in [-0.15, -0.1) is 0 Å². The van der Waals surface area contributed by atoms with E-state index < -0.39 is 0 Å². The van der Waals surface area contributed by atoms with Crippen molar-refractivity contribution in [1.29, 1.82) is 0 Å². The van der Waals surface area contributed by atoms with Crippen molar-refractivity contribution < 1.29 is 73.9 Å². The minimum absolute atomic E-state index is 0. The summed E-state index contributed by atoms with van der Waals surface area (Å²) in [5.74, 6) is 0. The smallest absolute Gasteiger partial charge is 0 e. The molecule has 4 radical (unpaired) electrons. The molecule has 0 amide bonds. The summed E-state index contributed by atoms with van der Waals surface area (Å²) >= 11 is 0. The fourth-order valence-electron chi connectivity index (χ4n) is 0. The predicted octanol–water partition coefficient (Wildman–Crippen LogP) is -1.60. The summed E-state index contributed by atoms with van der Waals surface area (Å²) in [4.78, 5) is 0. The van der Waals surface area contributed by atoms with Crippen molar-refractivity contribution in [3.63, 3.8) is 0 Å². The van der Waals surface area contributed by atoms with E-state index in [1.807, 2.05) is 0 Å². The molecule has 0 saturated heterocycles. The molecule has 0 unspecified atom stereocenters. The SMILES string of the molecule is [B]=O.[B]=O.[O-2].[O-2].[O-2].[O-2].[O-2].[V].[V]. The first-order valence-electron chi connectivity index (χ1n) is 0.471. The largest absolute Gasteiger partial charge is 2.00 e. The Bertz CT molecular complexity index is 16.4. The van der Waals surface area contributed by atoms with Crippen LogP contribution in [0.2, 0.25) is 0 Å². The van der Waals surface area contributed by atoms with Gasteiger partial charge in [0.15, 0.2) is 0 Å². The molecule has 0 aromatic heterocycles. The first-order chi connectivity index (χ1) is 2.00. The van der Waals surface area contributed by atoms with Gasteiger partial charge in [-0.1, -0.05) is 0 Å². The number of hydrogen-bond acceptors (Lipinski definition) is 2. The third-order valence-corrected chi connectivity index (χ3v) is 0. The third kappa shape index (κ3) is 1660. The monoisotopic (exact) mass is 236 g/mol. The van der Waals surface area contributed by atoms with E-state index in [-0.39, 0.29) is 64.5 Å². The summed E-state index contributed by atoms with van der Waals surface area (Å²) in [6.45, 7) is 0. The van der Waals surface area contributed by atoms with Crippen LogP contribution in [0.15, 0.2) is 0 Å². The maximum atomic E-state index is 7.75. The Labute approximate surface area is 89.5 Å². The molecule has 0 atom stereocenters. The van der Waals surface area contributed by atoms with Crippen molar-refractivity contribution in [1.82, 2.24) is 0 Å². The van der Waals surface area contributed by atoms with E-state index in [9.17, 15) is 0 Å². The van der Waals surface area contributed by atoms with Crippen molar-refractivity contribution in [2.24, 2.45) is 0 Å². The van der Waals surface area contributed by atoms with Gasteiger partial charge in [0, 0.05) is 37.1 Å². The van der Waals surface area contributed by atoms with Crippen LogP contribution in [0.4, 0.5) is 0 Å². The second-order valence-corrected chi connectivity index (χ2v) is 0. The van der Waals surface area contributed by atoms with Gasteiger partial charge in [-0.25, -0.2) is 0 Å². The average Bonchev–Trinajstić information content (AvgIpc) is 1.50. The molecule has 0 bridgehead atoms. The van der Waals surface area contributed by atoms with Crippen LogP contribution in [-0.2, 0) is 73.9 Å². The van der Waals surface area contributed by atoms with Crippen molar-refractivity contribution in [3.05, 3.63) is 0 Å². The molecule has 0 N–H and O–H groups in total. The van der Waals surface area contributed by atoms with Crippen LogP contribution in [0.3, 0.4) is 0 Å². The molecule has 7 nitrogen and oxygen atoms in total. The molecular weight excluding hydrogens is 236 g/mol. The Morgan fingerprint density at radius 3 is 0.455 bits per heavy atom. The second kappa shape index (κ2) is 2060. The summed E-state index contributed by atoms with van der Waals surface area (Å²) in [6, 6.07) is 0. The van der Waals surface area contributed by atoms with Gasteiger partial charge in [0.2, 0.25) is 0 Å². The fourth-order valence-corrected chi connectivity index (χ4v) is 0. The number of hydrogen-bond donors (Lipinski definition) is 0. The van der Waals surface area contributed by atoms with Crippen LogP contribution in [0.1, 0.15) is 0 Å².